The first kappa shape index (κ1) is 21.3. The fourth-order valence-electron chi connectivity index (χ4n) is 3.60. The summed E-state index contributed by atoms with van der Waals surface area (Å²) in [5.74, 6) is -0.262. The smallest absolute Gasteiger partial charge is 0.277 e. The summed E-state index contributed by atoms with van der Waals surface area (Å²) in [7, 11) is 1.67. The quantitative estimate of drug-likeness (QED) is 0.581. The van der Waals surface area contributed by atoms with E-state index in [0.717, 1.165) is 32.7 Å². The Morgan fingerprint density at radius 3 is 2.28 bits per heavy atom. The maximum absolute atomic E-state index is 12.5. The average molecular weight is 417 g/mol. The highest BCUT2D eigenvalue weighted by Gasteiger charge is 2.26. The summed E-state index contributed by atoms with van der Waals surface area (Å²) in [4.78, 5) is 29.1. The second kappa shape index (κ2) is 10.4. The number of amides is 2. The lowest BCUT2D eigenvalue weighted by atomic mass is 10.2. The molecule has 0 saturated carbocycles. The maximum atomic E-state index is 12.5. The SMILES string of the molecule is CN(CC(=O)Nc1ccccc1Cl)C(=O)C[NH+]1CC[NH+](Cc2ccccc2)CC1. The number of rotatable bonds is 7. The molecule has 7 heteroatoms. The van der Waals surface area contributed by atoms with Crippen molar-refractivity contribution < 1.29 is 19.4 Å². The van der Waals surface area contributed by atoms with Crippen LogP contribution in [-0.2, 0) is 16.1 Å². The van der Waals surface area contributed by atoms with E-state index in [1.165, 1.54) is 15.4 Å². The fourth-order valence-corrected chi connectivity index (χ4v) is 3.78. The van der Waals surface area contributed by atoms with Gasteiger partial charge in [0.1, 0.15) is 32.7 Å². The first-order valence-corrected chi connectivity index (χ1v) is 10.4. The molecule has 1 saturated heterocycles. The predicted octanol–water partition coefficient (Wildman–Crippen LogP) is -0.279. The van der Waals surface area contributed by atoms with E-state index in [1.807, 2.05) is 6.07 Å². The zero-order chi connectivity index (χ0) is 20.6. The molecule has 1 aliphatic rings. The molecule has 0 radical (unpaired) electrons. The van der Waals surface area contributed by atoms with E-state index in [0.29, 0.717) is 17.3 Å². The molecule has 1 fully saturated rings. The van der Waals surface area contributed by atoms with Crippen LogP contribution in [0.15, 0.2) is 54.6 Å². The van der Waals surface area contributed by atoms with Gasteiger partial charge in [-0.1, -0.05) is 54.1 Å². The first-order chi connectivity index (χ1) is 14.0. The van der Waals surface area contributed by atoms with Gasteiger partial charge in [-0.25, -0.2) is 0 Å². The van der Waals surface area contributed by atoms with Gasteiger partial charge in [0, 0.05) is 12.6 Å². The van der Waals surface area contributed by atoms with E-state index in [-0.39, 0.29) is 18.4 Å². The molecular weight excluding hydrogens is 388 g/mol. The zero-order valence-corrected chi connectivity index (χ0v) is 17.5. The molecule has 6 nitrogen and oxygen atoms in total. The number of likely N-dealkylation sites (N-methyl/N-ethyl adjacent to an activating group) is 1. The van der Waals surface area contributed by atoms with E-state index < -0.39 is 0 Å². The summed E-state index contributed by atoms with van der Waals surface area (Å²) in [5, 5.41) is 3.24. The minimum absolute atomic E-state index is 0.0131. The molecule has 0 spiro atoms. The fraction of sp³-hybridized carbons (Fsp3) is 0.364. The molecule has 0 aliphatic carbocycles. The summed E-state index contributed by atoms with van der Waals surface area (Å²) in [6.45, 7) is 5.50. The number of anilines is 1. The molecule has 154 valence electrons. The van der Waals surface area contributed by atoms with Crippen LogP contribution in [0.1, 0.15) is 5.56 Å². The van der Waals surface area contributed by atoms with Crippen molar-refractivity contribution in [3.8, 4) is 0 Å². The van der Waals surface area contributed by atoms with Crippen LogP contribution in [-0.4, -0.2) is 63.0 Å². The number of benzene rings is 2. The van der Waals surface area contributed by atoms with Gasteiger partial charge in [0.25, 0.3) is 5.91 Å². The third-order valence-corrected chi connectivity index (χ3v) is 5.65. The lowest BCUT2D eigenvalue weighted by Gasteiger charge is -2.30. The van der Waals surface area contributed by atoms with E-state index >= 15 is 0 Å². The average Bonchev–Trinajstić information content (AvgIpc) is 2.72. The maximum Gasteiger partial charge on any atom is 0.277 e. The highest BCUT2D eigenvalue weighted by molar-refractivity contribution is 6.33. The molecule has 0 aromatic heterocycles. The highest BCUT2D eigenvalue weighted by atomic mass is 35.5. The second-order valence-corrected chi connectivity index (χ2v) is 8.02. The molecule has 1 heterocycles. The molecule has 2 amide bonds. The van der Waals surface area contributed by atoms with Gasteiger partial charge >= 0.3 is 0 Å². The van der Waals surface area contributed by atoms with Crippen molar-refractivity contribution in [2.45, 2.75) is 6.54 Å². The normalized spacial score (nSPS) is 18.8. The molecule has 0 bridgehead atoms. The number of carbonyl (C=O) groups is 2. The number of carbonyl (C=O) groups excluding carboxylic acids is 2. The van der Waals surface area contributed by atoms with Crippen molar-refractivity contribution in [1.29, 1.82) is 0 Å². The summed E-state index contributed by atoms with van der Waals surface area (Å²) >= 11 is 6.06. The van der Waals surface area contributed by atoms with Crippen LogP contribution in [0.2, 0.25) is 5.02 Å². The highest BCUT2D eigenvalue weighted by Crippen LogP contribution is 2.20. The van der Waals surface area contributed by atoms with Crippen LogP contribution < -0.4 is 15.1 Å². The van der Waals surface area contributed by atoms with Crippen LogP contribution in [0.4, 0.5) is 5.69 Å². The number of hydrogen-bond donors (Lipinski definition) is 3. The van der Waals surface area contributed by atoms with Gasteiger partial charge in [0.15, 0.2) is 6.54 Å². The number of halogens is 1. The van der Waals surface area contributed by atoms with Crippen molar-refractivity contribution >= 4 is 29.1 Å². The van der Waals surface area contributed by atoms with Gasteiger partial charge in [0.2, 0.25) is 5.91 Å². The van der Waals surface area contributed by atoms with Crippen LogP contribution in [0, 0.1) is 0 Å². The van der Waals surface area contributed by atoms with Gasteiger partial charge in [0.05, 0.1) is 17.3 Å². The standard InChI is InChI=1S/C22H27ClN4O2/c1-25(16-21(28)24-20-10-6-5-9-19(20)23)22(29)17-27-13-11-26(12-14-27)15-18-7-3-2-4-8-18/h2-10H,11-17H2,1H3,(H,24,28)/p+2. The van der Waals surface area contributed by atoms with Crippen LogP contribution >= 0.6 is 11.6 Å². The third-order valence-electron chi connectivity index (χ3n) is 5.32. The Balaban J connectivity index is 1.40. The number of para-hydroxylation sites is 1. The van der Waals surface area contributed by atoms with Crippen molar-refractivity contribution in [3.63, 3.8) is 0 Å². The predicted molar refractivity (Wildman–Crippen MR) is 114 cm³/mol. The van der Waals surface area contributed by atoms with Gasteiger partial charge in [-0.2, -0.15) is 0 Å². The molecule has 0 unspecified atom stereocenters. The number of piperazine rings is 1. The van der Waals surface area contributed by atoms with E-state index in [4.69, 9.17) is 11.6 Å². The van der Waals surface area contributed by atoms with Crippen molar-refractivity contribution in [2.24, 2.45) is 0 Å². The summed E-state index contributed by atoms with van der Waals surface area (Å²) < 4.78 is 0. The van der Waals surface area contributed by atoms with Gasteiger partial charge < -0.3 is 20.0 Å². The number of hydrogen-bond acceptors (Lipinski definition) is 2. The topological polar surface area (TPSA) is 58.3 Å². The Bertz CT molecular complexity index is 823. The van der Waals surface area contributed by atoms with E-state index in [9.17, 15) is 9.59 Å². The van der Waals surface area contributed by atoms with Crippen molar-refractivity contribution in [3.05, 3.63) is 65.2 Å². The summed E-state index contributed by atoms with van der Waals surface area (Å²) in [6, 6.07) is 17.6. The third kappa shape index (κ3) is 6.56. The van der Waals surface area contributed by atoms with Gasteiger partial charge in [-0.05, 0) is 12.1 Å². The Kier molecular flexibility index (Phi) is 7.63. The van der Waals surface area contributed by atoms with Gasteiger partial charge in [-0.3, -0.25) is 9.59 Å². The molecule has 2 aromatic carbocycles. The van der Waals surface area contributed by atoms with Crippen molar-refractivity contribution in [1.82, 2.24) is 4.90 Å². The summed E-state index contributed by atoms with van der Waals surface area (Å²) in [6.07, 6.45) is 0. The largest absolute Gasteiger partial charge is 0.332 e. The Hall–Kier alpha value is -2.41. The number of quaternary nitrogens is 2. The lowest BCUT2D eigenvalue weighted by Crippen LogP contribution is -3.28. The molecule has 3 rings (SSSR count). The molecule has 0 atom stereocenters. The minimum Gasteiger partial charge on any atom is -0.332 e. The molecule has 29 heavy (non-hydrogen) atoms. The van der Waals surface area contributed by atoms with Gasteiger partial charge in [-0.15, -0.1) is 0 Å². The second-order valence-electron chi connectivity index (χ2n) is 7.62. The Morgan fingerprint density at radius 1 is 0.966 bits per heavy atom. The minimum atomic E-state index is -0.249. The van der Waals surface area contributed by atoms with Crippen LogP contribution in [0.5, 0.6) is 0 Å². The Morgan fingerprint density at radius 2 is 1.59 bits per heavy atom. The zero-order valence-electron chi connectivity index (χ0n) is 16.8. The molecule has 3 N–H and O–H groups in total. The molecular formula is C22H29ClN4O2+2. The van der Waals surface area contributed by atoms with Crippen LogP contribution in [0.3, 0.4) is 0 Å². The first-order valence-electron chi connectivity index (χ1n) is 10.0. The van der Waals surface area contributed by atoms with E-state index in [2.05, 4.69) is 29.6 Å². The lowest BCUT2D eigenvalue weighted by molar-refractivity contribution is -1.02. The molecule has 1 aliphatic heterocycles. The summed E-state index contributed by atoms with van der Waals surface area (Å²) in [5.41, 5.74) is 1.91. The number of nitrogens with zero attached hydrogens (tertiary/aromatic N) is 1. The number of nitrogens with one attached hydrogen (secondary N) is 3. The van der Waals surface area contributed by atoms with Crippen LogP contribution in [0.25, 0.3) is 0 Å². The monoisotopic (exact) mass is 416 g/mol. The van der Waals surface area contributed by atoms with Crippen molar-refractivity contribution in [2.75, 3.05) is 51.6 Å². The Labute approximate surface area is 177 Å². The van der Waals surface area contributed by atoms with E-state index in [1.54, 1.807) is 36.2 Å². The molecule has 2 aromatic rings.